The highest BCUT2D eigenvalue weighted by atomic mass is 35.5. The summed E-state index contributed by atoms with van der Waals surface area (Å²) in [6.07, 6.45) is 4.80. The van der Waals surface area contributed by atoms with Crippen molar-refractivity contribution in [3.63, 3.8) is 0 Å². The average Bonchev–Trinajstić information content (AvgIpc) is 3.36. The zero-order valence-electron chi connectivity index (χ0n) is 15.8. The molecule has 1 aromatic carbocycles. The van der Waals surface area contributed by atoms with Gasteiger partial charge in [0.15, 0.2) is 5.75 Å². The first kappa shape index (κ1) is 17.8. The Balaban J connectivity index is 1.42. The van der Waals surface area contributed by atoms with Crippen LogP contribution < -0.4 is 10.1 Å². The lowest BCUT2D eigenvalue weighted by atomic mass is 9.72. The summed E-state index contributed by atoms with van der Waals surface area (Å²) in [4.78, 5) is 16.3. The molecule has 2 aromatic rings. The van der Waals surface area contributed by atoms with E-state index in [2.05, 4.69) is 24.1 Å². The smallest absolute Gasteiger partial charge is 0.261 e. The zero-order chi connectivity index (χ0) is 18.8. The number of nitrogens with zero attached hydrogens (tertiary/aromatic N) is 1. The molecule has 1 atom stereocenters. The third-order valence-electron chi connectivity index (χ3n) is 6.50. The van der Waals surface area contributed by atoms with E-state index in [9.17, 15) is 4.79 Å². The van der Waals surface area contributed by atoms with Crippen molar-refractivity contribution in [1.29, 1.82) is 0 Å². The summed E-state index contributed by atoms with van der Waals surface area (Å²) in [7, 11) is 0. The van der Waals surface area contributed by atoms with Crippen molar-refractivity contribution in [2.75, 3.05) is 13.1 Å². The third kappa shape index (κ3) is 3.04. The lowest BCUT2D eigenvalue weighted by molar-refractivity contribution is -0.0377. The van der Waals surface area contributed by atoms with Crippen LogP contribution in [0, 0.1) is 5.92 Å². The Morgan fingerprint density at radius 1 is 1.26 bits per heavy atom. The lowest BCUT2D eigenvalue weighted by Crippen LogP contribution is -2.69. The van der Waals surface area contributed by atoms with Crippen LogP contribution in [0.4, 0.5) is 0 Å². The molecule has 2 bridgehead atoms. The number of carbonyl (C=O) groups excluding carboxylic acids is 1. The molecule has 0 spiro atoms. The number of hydrogen-bond acceptors (Lipinski definition) is 4. The highest BCUT2D eigenvalue weighted by molar-refractivity contribution is 7.21. The molecule has 4 aliphatic rings. The molecule has 4 nitrogen and oxygen atoms in total. The number of halogens is 1. The van der Waals surface area contributed by atoms with Crippen LogP contribution in [-0.4, -0.2) is 41.6 Å². The molecule has 0 radical (unpaired) electrons. The predicted octanol–water partition coefficient (Wildman–Crippen LogP) is 4.70. The maximum absolute atomic E-state index is 13.1. The van der Waals surface area contributed by atoms with E-state index in [4.69, 9.17) is 16.3 Å². The molecular formula is C21H25ClN2O2S. The number of carbonyl (C=O) groups is 1. The molecule has 1 saturated carbocycles. The van der Waals surface area contributed by atoms with Gasteiger partial charge >= 0.3 is 0 Å². The SMILES string of the molecule is CC1(C)C(NC(=O)c2cc3ccc(Cl)c(OC4CC4)c3s2)C2CCN1CC2. The molecule has 144 valence electrons. The Kier molecular flexibility index (Phi) is 4.19. The second-order valence-electron chi connectivity index (χ2n) is 8.65. The molecule has 1 N–H and O–H groups in total. The van der Waals surface area contributed by atoms with Crippen molar-refractivity contribution >= 4 is 38.9 Å². The van der Waals surface area contributed by atoms with Crippen LogP contribution in [0.5, 0.6) is 5.75 Å². The largest absolute Gasteiger partial charge is 0.487 e. The highest BCUT2D eigenvalue weighted by Crippen LogP contribution is 2.42. The fraction of sp³-hybridized carbons (Fsp3) is 0.571. The lowest BCUT2D eigenvalue weighted by Gasteiger charge is -2.56. The number of hydrogen-bond donors (Lipinski definition) is 1. The van der Waals surface area contributed by atoms with Gasteiger partial charge in [-0.2, -0.15) is 0 Å². The maximum atomic E-state index is 13.1. The van der Waals surface area contributed by atoms with E-state index in [1.54, 1.807) is 0 Å². The third-order valence-corrected chi connectivity index (χ3v) is 7.95. The van der Waals surface area contributed by atoms with Crippen LogP contribution in [0.2, 0.25) is 5.02 Å². The Labute approximate surface area is 168 Å². The van der Waals surface area contributed by atoms with Crippen LogP contribution in [0.3, 0.4) is 0 Å². The fourth-order valence-electron chi connectivity index (χ4n) is 4.72. The second-order valence-corrected chi connectivity index (χ2v) is 10.1. The predicted molar refractivity (Wildman–Crippen MR) is 110 cm³/mol. The minimum Gasteiger partial charge on any atom is -0.487 e. The molecule has 1 aliphatic carbocycles. The maximum Gasteiger partial charge on any atom is 0.261 e. The summed E-state index contributed by atoms with van der Waals surface area (Å²) < 4.78 is 7.01. The van der Waals surface area contributed by atoms with Crippen LogP contribution in [-0.2, 0) is 0 Å². The molecule has 1 aromatic heterocycles. The summed E-state index contributed by atoms with van der Waals surface area (Å²) in [5.41, 5.74) is 0.0110. The number of fused-ring (bicyclic) bond motifs is 4. The minimum absolute atomic E-state index is 0.0110. The van der Waals surface area contributed by atoms with Gasteiger partial charge in [-0.1, -0.05) is 17.7 Å². The van der Waals surface area contributed by atoms with E-state index in [-0.39, 0.29) is 23.6 Å². The van der Waals surface area contributed by atoms with Crippen molar-refractivity contribution in [2.45, 2.75) is 57.2 Å². The van der Waals surface area contributed by atoms with Gasteiger partial charge in [0.2, 0.25) is 0 Å². The van der Waals surface area contributed by atoms with E-state index in [1.807, 2.05) is 18.2 Å². The van der Waals surface area contributed by atoms with Crippen LogP contribution >= 0.6 is 22.9 Å². The quantitative estimate of drug-likeness (QED) is 0.803. The zero-order valence-corrected chi connectivity index (χ0v) is 17.3. The standard InChI is InChI=1S/C21H25ClN2O2S/c1-21(2)19(12-7-9-24(21)10-8-12)23-20(25)16-11-13-3-6-15(22)17(18(13)27-16)26-14-4-5-14/h3,6,11-12,14,19H,4-5,7-10H2,1-2H3,(H,23,25). The summed E-state index contributed by atoms with van der Waals surface area (Å²) in [5, 5.41) is 5.01. The van der Waals surface area contributed by atoms with Gasteiger partial charge in [-0.3, -0.25) is 9.69 Å². The molecule has 6 rings (SSSR count). The fourth-order valence-corrected chi connectivity index (χ4v) is 6.03. The van der Waals surface area contributed by atoms with E-state index in [0.29, 0.717) is 10.9 Å². The molecule has 4 fully saturated rings. The summed E-state index contributed by atoms with van der Waals surface area (Å²) >= 11 is 7.86. The monoisotopic (exact) mass is 404 g/mol. The molecule has 3 saturated heterocycles. The number of ether oxygens (including phenoxy) is 1. The van der Waals surface area contributed by atoms with Gasteiger partial charge in [-0.15, -0.1) is 11.3 Å². The van der Waals surface area contributed by atoms with Gasteiger partial charge < -0.3 is 10.1 Å². The van der Waals surface area contributed by atoms with Crippen LogP contribution in [0.15, 0.2) is 18.2 Å². The van der Waals surface area contributed by atoms with E-state index >= 15 is 0 Å². The Hall–Kier alpha value is -1.30. The Bertz CT molecular complexity index is 897. The van der Waals surface area contributed by atoms with Gasteiger partial charge in [0.25, 0.3) is 5.91 Å². The molecule has 6 heteroatoms. The van der Waals surface area contributed by atoms with Gasteiger partial charge in [-0.25, -0.2) is 0 Å². The Morgan fingerprint density at radius 3 is 2.67 bits per heavy atom. The van der Waals surface area contributed by atoms with Gasteiger partial charge in [-0.05, 0) is 76.1 Å². The van der Waals surface area contributed by atoms with Crippen molar-refractivity contribution in [3.05, 3.63) is 28.1 Å². The molecule has 3 aliphatic heterocycles. The number of thiophene rings is 1. The van der Waals surface area contributed by atoms with Crippen LogP contribution in [0.1, 0.15) is 49.2 Å². The molecule has 27 heavy (non-hydrogen) atoms. The summed E-state index contributed by atoms with van der Waals surface area (Å²) in [6.45, 7) is 6.81. The number of amides is 1. The van der Waals surface area contributed by atoms with Crippen molar-refractivity contribution in [1.82, 2.24) is 10.2 Å². The highest BCUT2D eigenvalue weighted by Gasteiger charge is 2.48. The van der Waals surface area contributed by atoms with Gasteiger partial charge in [0, 0.05) is 11.6 Å². The summed E-state index contributed by atoms with van der Waals surface area (Å²) in [5.74, 6) is 1.34. The van der Waals surface area contributed by atoms with E-state index in [0.717, 1.165) is 46.6 Å². The number of rotatable bonds is 4. The minimum atomic E-state index is 0.0110. The molecule has 1 unspecified atom stereocenters. The average molecular weight is 405 g/mol. The summed E-state index contributed by atoms with van der Waals surface area (Å²) in [6, 6.07) is 6.01. The normalized spacial score (nSPS) is 29.1. The first-order valence-corrected chi connectivity index (χ1v) is 11.1. The van der Waals surface area contributed by atoms with Gasteiger partial charge in [0.05, 0.1) is 20.7 Å². The van der Waals surface area contributed by atoms with Crippen molar-refractivity contribution in [3.8, 4) is 5.75 Å². The van der Waals surface area contributed by atoms with E-state index in [1.165, 1.54) is 24.2 Å². The van der Waals surface area contributed by atoms with E-state index < -0.39 is 0 Å². The Morgan fingerprint density at radius 2 is 2.00 bits per heavy atom. The first-order valence-electron chi connectivity index (χ1n) is 9.88. The van der Waals surface area contributed by atoms with Crippen molar-refractivity contribution < 1.29 is 9.53 Å². The molecular weight excluding hydrogens is 380 g/mol. The van der Waals surface area contributed by atoms with Gasteiger partial charge in [0.1, 0.15) is 0 Å². The first-order chi connectivity index (χ1) is 12.9. The van der Waals surface area contributed by atoms with Crippen molar-refractivity contribution in [2.24, 2.45) is 5.92 Å². The molecule has 1 amide bonds. The number of benzene rings is 1. The van der Waals surface area contributed by atoms with Crippen LogP contribution in [0.25, 0.3) is 10.1 Å². The topological polar surface area (TPSA) is 41.6 Å². The number of piperidine rings is 3. The second kappa shape index (κ2) is 6.36. The number of nitrogens with one attached hydrogen (secondary N) is 1. The molecule has 4 heterocycles.